The molecule has 0 radical (unpaired) electrons. The summed E-state index contributed by atoms with van der Waals surface area (Å²) in [5.74, 6) is 2.23. The molecule has 0 aliphatic heterocycles. The average Bonchev–Trinajstić information content (AvgIpc) is 2.30. The molecular weight excluding hydrogens is 207 g/mol. The molecule has 0 amide bonds. The Morgan fingerprint density at radius 3 is 2.94 bits per heavy atom. The SMILES string of the molecule is C#CCCCC(O)c1ccc(F)c(OC)c1. The summed E-state index contributed by atoms with van der Waals surface area (Å²) in [6.45, 7) is 0. The minimum absolute atomic E-state index is 0.147. The van der Waals surface area contributed by atoms with Gasteiger partial charge in [0.15, 0.2) is 11.6 Å². The number of rotatable bonds is 5. The molecule has 86 valence electrons. The van der Waals surface area contributed by atoms with Crippen molar-refractivity contribution in [2.24, 2.45) is 0 Å². The summed E-state index contributed by atoms with van der Waals surface area (Å²) in [6.07, 6.45) is 6.45. The maximum atomic E-state index is 13.1. The summed E-state index contributed by atoms with van der Waals surface area (Å²) < 4.78 is 17.9. The molecule has 0 aliphatic rings. The van der Waals surface area contributed by atoms with E-state index in [1.54, 1.807) is 6.07 Å². The van der Waals surface area contributed by atoms with Gasteiger partial charge in [-0.3, -0.25) is 0 Å². The Kier molecular flexibility index (Phi) is 4.81. The van der Waals surface area contributed by atoms with Crippen molar-refractivity contribution >= 4 is 0 Å². The number of unbranched alkanes of at least 4 members (excludes halogenated alkanes) is 1. The Labute approximate surface area is 95.1 Å². The molecule has 1 rings (SSSR count). The van der Waals surface area contributed by atoms with Crippen LogP contribution < -0.4 is 4.74 Å². The Balaban J connectivity index is 2.69. The molecule has 0 bridgehead atoms. The van der Waals surface area contributed by atoms with Crippen LogP contribution in [0.1, 0.15) is 30.9 Å². The molecule has 1 unspecified atom stereocenters. The number of hydrogen-bond acceptors (Lipinski definition) is 2. The van der Waals surface area contributed by atoms with E-state index in [2.05, 4.69) is 5.92 Å². The average molecular weight is 222 g/mol. The minimum Gasteiger partial charge on any atom is -0.494 e. The minimum atomic E-state index is -0.622. The fourth-order valence-electron chi connectivity index (χ4n) is 1.45. The summed E-state index contributed by atoms with van der Waals surface area (Å²) >= 11 is 0. The molecule has 2 nitrogen and oxygen atoms in total. The van der Waals surface area contributed by atoms with Crippen LogP contribution in [-0.2, 0) is 0 Å². The van der Waals surface area contributed by atoms with Gasteiger partial charge in [-0.2, -0.15) is 0 Å². The number of terminal acetylenes is 1. The van der Waals surface area contributed by atoms with Crippen molar-refractivity contribution in [3.8, 4) is 18.1 Å². The second kappa shape index (κ2) is 6.14. The van der Waals surface area contributed by atoms with Crippen molar-refractivity contribution in [1.29, 1.82) is 0 Å². The van der Waals surface area contributed by atoms with E-state index < -0.39 is 11.9 Å². The Morgan fingerprint density at radius 2 is 2.31 bits per heavy atom. The van der Waals surface area contributed by atoms with Gasteiger partial charge in [-0.1, -0.05) is 6.07 Å². The molecule has 16 heavy (non-hydrogen) atoms. The number of benzene rings is 1. The number of halogens is 1. The van der Waals surface area contributed by atoms with Crippen LogP contribution in [0.25, 0.3) is 0 Å². The van der Waals surface area contributed by atoms with E-state index in [9.17, 15) is 9.50 Å². The number of ether oxygens (including phenoxy) is 1. The zero-order valence-corrected chi connectivity index (χ0v) is 9.24. The maximum absolute atomic E-state index is 13.1. The van der Waals surface area contributed by atoms with Crippen LogP contribution in [-0.4, -0.2) is 12.2 Å². The van der Waals surface area contributed by atoms with E-state index in [4.69, 9.17) is 11.2 Å². The van der Waals surface area contributed by atoms with Gasteiger partial charge in [-0.05, 0) is 30.5 Å². The van der Waals surface area contributed by atoms with Gasteiger partial charge < -0.3 is 9.84 Å². The standard InChI is InChI=1S/C13H15FO2/c1-3-4-5-6-12(15)10-7-8-11(14)13(9-10)16-2/h1,7-9,12,15H,4-6H2,2H3. The summed E-state index contributed by atoms with van der Waals surface area (Å²) in [4.78, 5) is 0. The van der Waals surface area contributed by atoms with Crippen LogP contribution in [0.5, 0.6) is 5.75 Å². The summed E-state index contributed by atoms with van der Waals surface area (Å²) in [5.41, 5.74) is 0.648. The molecule has 3 heteroatoms. The van der Waals surface area contributed by atoms with Gasteiger partial charge in [-0.15, -0.1) is 12.3 Å². The highest BCUT2D eigenvalue weighted by Gasteiger charge is 2.10. The first-order valence-electron chi connectivity index (χ1n) is 5.14. The molecule has 0 saturated carbocycles. The fraction of sp³-hybridized carbons (Fsp3) is 0.385. The van der Waals surface area contributed by atoms with Crippen molar-refractivity contribution in [3.05, 3.63) is 29.6 Å². The van der Waals surface area contributed by atoms with Gasteiger partial charge in [-0.25, -0.2) is 4.39 Å². The zero-order valence-electron chi connectivity index (χ0n) is 9.24. The van der Waals surface area contributed by atoms with Gasteiger partial charge in [0, 0.05) is 6.42 Å². The van der Waals surface area contributed by atoms with E-state index in [-0.39, 0.29) is 5.75 Å². The van der Waals surface area contributed by atoms with Crippen LogP contribution in [0.4, 0.5) is 4.39 Å². The number of aliphatic hydroxyl groups is 1. The van der Waals surface area contributed by atoms with Gasteiger partial charge in [0.05, 0.1) is 13.2 Å². The van der Waals surface area contributed by atoms with Crippen molar-refractivity contribution in [3.63, 3.8) is 0 Å². The normalized spacial score (nSPS) is 11.9. The first-order chi connectivity index (χ1) is 7.69. The molecule has 0 fully saturated rings. The van der Waals surface area contributed by atoms with E-state index in [0.29, 0.717) is 18.4 Å². The topological polar surface area (TPSA) is 29.5 Å². The summed E-state index contributed by atoms with van der Waals surface area (Å²) in [7, 11) is 1.40. The lowest BCUT2D eigenvalue weighted by atomic mass is 10.0. The van der Waals surface area contributed by atoms with Crippen molar-refractivity contribution in [1.82, 2.24) is 0 Å². The molecular formula is C13H15FO2. The number of aliphatic hydroxyl groups excluding tert-OH is 1. The van der Waals surface area contributed by atoms with Crippen LogP contribution in [0.15, 0.2) is 18.2 Å². The highest BCUT2D eigenvalue weighted by molar-refractivity contribution is 5.31. The van der Waals surface area contributed by atoms with E-state index in [0.717, 1.165) is 6.42 Å². The van der Waals surface area contributed by atoms with Gasteiger partial charge >= 0.3 is 0 Å². The first kappa shape index (κ1) is 12.5. The second-order valence-corrected chi connectivity index (χ2v) is 3.51. The number of methoxy groups -OCH3 is 1. The van der Waals surface area contributed by atoms with E-state index >= 15 is 0 Å². The smallest absolute Gasteiger partial charge is 0.165 e. The first-order valence-corrected chi connectivity index (χ1v) is 5.14. The zero-order chi connectivity index (χ0) is 12.0. The highest BCUT2D eigenvalue weighted by atomic mass is 19.1. The van der Waals surface area contributed by atoms with Crippen LogP contribution in [0.2, 0.25) is 0 Å². The number of hydrogen-bond donors (Lipinski definition) is 1. The lowest BCUT2D eigenvalue weighted by molar-refractivity contribution is 0.164. The quantitative estimate of drug-likeness (QED) is 0.613. The third-order valence-corrected chi connectivity index (χ3v) is 2.36. The van der Waals surface area contributed by atoms with Crippen LogP contribution in [0, 0.1) is 18.2 Å². The third kappa shape index (κ3) is 3.25. The summed E-state index contributed by atoms with van der Waals surface area (Å²) in [6, 6.07) is 4.35. The molecule has 1 atom stereocenters. The molecule has 0 spiro atoms. The molecule has 0 aromatic heterocycles. The van der Waals surface area contributed by atoms with Crippen molar-refractivity contribution in [2.45, 2.75) is 25.4 Å². The molecule has 1 aromatic carbocycles. The molecule has 0 heterocycles. The molecule has 0 aliphatic carbocycles. The van der Waals surface area contributed by atoms with Gasteiger partial charge in [0.25, 0.3) is 0 Å². The van der Waals surface area contributed by atoms with Crippen molar-refractivity contribution < 1.29 is 14.2 Å². The summed E-state index contributed by atoms with van der Waals surface area (Å²) in [5, 5.41) is 9.81. The largest absolute Gasteiger partial charge is 0.494 e. The third-order valence-electron chi connectivity index (χ3n) is 2.36. The monoisotopic (exact) mass is 222 g/mol. The lowest BCUT2D eigenvalue weighted by Gasteiger charge is -2.11. The maximum Gasteiger partial charge on any atom is 0.165 e. The predicted octanol–water partition coefficient (Wildman–Crippen LogP) is 2.67. The van der Waals surface area contributed by atoms with Crippen LogP contribution in [0.3, 0.4) is 0 Å². The fourth-order valence-corrected chi connectivity index (χ4v) is 1.45. The molecule has 0 saturated heterocycles. The molecule has 1 aromatic rings. The second-order valence-electron chi connectivity index (χ2n) is 3.51. The molecule has 1 N–H and O–H groups in total. The van der Waals surface area contributed by atoms with Crippen molar-refractivity contribution in [2.75, 3.05) is 7.11 Å². The van der Waals surface area contributed by atoms with E-state index in [1.165, 1.54) is 19.2 Å². The van der Waals surface area contributed by atoms with Crippen LogP contribution >= 0.6 is 0 Å². The lowest BCUT2D eigenvalue weighted by Crippen LogP contribution is -1.99. The Morgan fingerprint density at radius 1 is 1.56 bits per heavy atom. The predicted molar refractivity (Wildman–Crippen MR) is 60.6 cm³/mol. The van der Waals surface area contributed by atoms with Gasteiger partial charge in [0.1, 0.15) is 0 Å². The van der Waals surface area contributed by atoms with E-state index in [1.807, 2.05) is 0 Å². The Hall–Kier alpha value is -1.53. The van der Waals surface area contributed by atoms with Gasteiger partial charge in [0.2, 0.25) is 0 Å². The Bertz CT molecular complexity index is 382. The highest BCUT2D eigenvalue weighted by Crippen LogP contribution is 2.25.